The Morgan fingerprint density at radius 1 is 1.21 bits per heavy atom. The van der Waals surface area contributed by atoms with Gasteiger partial charge in [0.1, 0.15) is 0 Å². The lowest BCUT2D eigenvalue weighted by Gasteiger charge is -1.93. The third-order valence-electron chi connectivity index (χ3n) is 1.70. The van der Waals surface area contributed by atoms with Crippen molar-refractivity contribution in [2.24, 2.45) is 5.84 Å². The summed E-state index contributed by atoms with van der Waals surface area (Å²) in [5.74, 6) is 5.24. The van der Waals surface area contributed by atoms with E-state index in [4.69, 9.17) is 5.84 Å². The lowest BCUT2D eigenvalue weighted by molar-refractivity contribution is -0.00000264. The Balaban J connectivity index is 0.000000980. The first kappa shape index (κ1) is 11.0. The molecular weight excluding hydrogens is 218 g/mol. The van der Waals surface area contributed by atoms with Gasteiger partial charge < -0.3 is 12.4 Å². The summed E-state index contributed by atoms with van der Waals surface area (Å²) in [5, 5.41) is 2.71. The lowest BCUT2D eigenvalue weighted by Crippen LogP contribution is -3.00. The van der Waals surface area contributed by atoms with Gasteiger partial charge >= 0.3 is 0 Å². The fraction of sp³-hybridized carbons (Fsp3) is 0. The van der Waals surface area contributed by atoms with Gasteiger partial charge in [-0.15, -0.1) is 11.3 Å². The molecule has 0 unspecified atom stereocenters. The average molecular weight is 227 g/mol. The Morgan fingerprint density at radius 3 is 2.50 bits per heavy atom. The number of hydrogen-bond donors (Lipinski definition) is 2. The Bertz CT molecular complexity index is 388. The minimum absolute atomic E-state index is 0. The third-order valence-corrected chi connectivity index (χ3v) is 2.47. The van der Waals surface area contributed by atoms with Crippen LogP contribution in [0.4, 0.5) is 5.13 Å². The van der Waals surface area contributed by atoms with Crippen LogP contribution < -0.4 is 23.7 Å². The van der Waals surface area contributed by atoms with Crippen molar-refractivity contribution in [2.75, 3.05) is 5.43 Å². The molecule has 1 heterocycles. The summed E-state index contributed by atoms with van der Waals surface area (Å²) in [7, 11) is 0. The molecule has 74 valence electrons. The first-order valence-corrected chi connectivity index (χ1v) is 4.75. The molecule has 14 heavy (non-hydrogen) atoms. The van der Waals surface area contributed by atoms with Crippen LogP contribution in [0.15, 0.2) is 35.7 Å². The highest BCUT2D eigenvalue weighted by atomic mass is 35.5. The number of nitrogens with one attached hydrogen (secondary N) is 1. The number of rotatable bonds is 2. The molecule has 5 heteroatoms. The second kappa shape index (κ2) is 4.95. The monoisotopic (exact) mass is 226 g/mol. The summed E-state index contributed by atoms with van der Waals surface area (Å²) in [5.41, 5.74) is 4.59. The topological polar surface area (TPSA) is 50.9 Å². The van der Waals surface area contributed by atoms with Crippen LogP contribution in [0.5, 0.6) is 0 Å². The van der Waals surface area contributed by atoms with Crippen molar-refractivity contribution in [1.82, 2.24) is 4.98 Å². The van der Waals surface area contributed by atoms with E-state index in [0.29, 0.717) is 0 Å². The van der Waals surface area contributed by atoms with Crippen LogP contribution in [-0.4, -0.2) is 4.98 Å². The number of nitrogen functional groups attached to an aromatic ring is 1. The van der Waals surface area contributed by atoms with Gasteiger partial charge in [0, 0.05) is 10.9 Å². The van der Waals surface area contributed by atoms with E-state index in [2.05, 4.69) is 10.4 Å². The summed E-state index contributed by atoms with van der Waals surface area (Å²) >= 11 is 1.50. The van der Waals surface area contributed by atoms with Crippen LogP contribution in [0.2, 0.25) is 0 Å². The number of nitrogens with two attached hydrogens (primary N) is 1. The van der Waals surface area contributed by atoms with Crippen molar-refractivity contribution in [2.45, 2.75) is 0 Å². The minimum Gasteiger partial charge on any atom is -1.00 e. The molecule has 0 bridgehead atoms. The number of hydrogen-bond acceptors (Lipinski definition) is 4. The largest absolute Gasteiger partial charge is 1.00 e. The standard InChI is InChI=1S/C9H9N3S.ClH/c10-12-9-11-8(6-13-9)7-4-2-1-3-5-7;/h1-6H,10H2,(H,11,12);1H/p-1. The number of aromatic nitrogens is 1. The van der Waals surface area contributed by atoms with Gasteiger partial charge in [-0.1, -0.05) is 30.3 Å². The number of thiazole rings is 1. The van der Waals surface area contributed by atoms with E-state index < -0.39 is 0 Å². The maximum atomic E-state index is 5.24. The average Bonchev–Trinajstić information content (AvgIpc) is 2.67. The fourth-order valence-electron chi connectivity index (χ4n) is 1.08. The molecule has 0 saturated heterocycles. The summed E-state index contributed by atoms with van der Waals surface area (Å²) in [4.78, 5) is 4.28. The quantitative estimate of drug-likeness (QED) is 0.516. The van der Waals surface area contributed by atoms with E-state index in [0.717, 1.165) is 16.4 Å². The summed E-state index contributed by atoms with van der Waals surface area (Å²) in [6.07, 6.45) is 0. The minimum atomic E-state index is 0. The molecule has 0 fully saturated rings. The van der Waals surface area contributed by atoms with E-state index in [9.17, 15) is 0 Å². The fourth-order valence-corrected chi connectivity index (χ4v) is 1.71. The zero-order chi connectivity index (χ0) is 9.10. The third kappa shape index (κ3) is 2.23. The molecule has 1 aromatic carbocycles. The normalized spacial score (nSPS) is 9.21. The molecule has 2 aromatic rings. The molecule has 0 atom stereocenters. The summed E-state index contributed by atoms with van der Waals surface area (Å²) in [6.45, 7) is 0. The van der Waals surface area contributed by atoms with Gasteiger partial charge in [0.15, 0.2) is 5.13 Å². The van der Waals surface area contributed by atoms with E-state index >= 15 is 0 Å². The van der Waals surface area contributed by atoms with Crippen LogP contribution in [0.25, 0.3) is 11.3 Å². The van der Waals surface area contributed by atoms with Crippen molar-refractivity contribution < 1.29 is 12.4 Å². The number of anilines is 1. The molecule has 0 amide bonds. The Labute approximate surface area is 92.4 Å². The highest BCUT2D eigenvalue weighted by Gasteiger charge is 2.01. The van der Waals surface area contributed by atoms with E-state index in [1.165, 1.54) is 11.3 Å². The molecule has 3 N–H and O–H groups in total. The smallest absolute Gasteiger partial charge is 0.197 e. The van der Waals surface area contributed by atoms with Crippen LogP contribution in [0.1, 0.15) is 0 Å². The van der Waals surface area contributed by atoms with Crippen molar-refractivity contribution in [3.63, 3.8) is 0 Å². The van der Waals surface area contributed by atoms with Gasteiger partial charge in [-0.05, 0) is 0 Å². The van der Waals surface area contributed by atoms with E-state index in [-0.39, 0.29) is 12.4 Å². The van der Waals surface area contributed by atoms with Crippen molar-refractivity contribution >= 4 is 16.5 Å². The SMILES string of the molecule is NNc1nc(-c2ccccc2)cs1.[Cl-]. The van der Waals surface area contributed by atoms with Crippen molar-refractivity contribution in [3.8, 4) is 11.3 Å². The number of benzene rings is 1. The number of hydrazine groups is 1. The van der Waals surface area contributed by atoms with Gasteiger partial charge in [0.2, 0.25) is 0 Å². The van der Waals surface area contributed by atoms with E-state index in [1.807, 2.05) is 35.7 Å². The molecule has 3 nitrogen and oxygen atoms in total. The predicted octanol–water partition coefficient (Wildman–Crippen LogP) is -0.900. The first-order valence-electron chi connectivity index (χ1n) is 3.88. The van der Waals surface area contributed by atoms with Gasteiger partial charge in [0.05, 0.1) is 5.69 Å². The molecule has 2 rings (SSSR count). The second-order valence-electron chi connectivity index (χ2n) is 2.55. The number of nitrogens with zero attached hydrogens (tertiary/aromatic N) is 1. The maximum absolute atomic E-state index is 5.24. The maximum Gasteiger partial charge on any atom is 0.197 e. The highest BCUT2D eigenvalue weighted by molar-refractivity contribution is 7.14. The summed E-state index contributed by atoms with van der Waals surface area (Å²) in [6, 6.07) is 10.0. The second-order valence-corrected chi connectivity index (χ2v) is 3.41. The van der Waals surface area contributed by atoms with Crippen LogP contribution >= 0.6 is 11.3 Å². The zero-order valence-corrected chi connectivity index (χ0v) is 8.85. The summed E-state index contributed by atoms with van der Waals surface area (Å²) < 4.78 is 0. The Kier molecular flexibility index (Phi) is 3.88. The highest BCUT2D eigenvalue weighted by Crippen LogP contribution is 2.23. The van der Waals surface area contributed by atoms with Crippen molar-refractivity contribution in [3.05, 3.63) is 35.7 Å². The Morgan fingerprint density at radius 2 is 1.93 bits per heavy atom. The molecule has 0 aliphatic heterocycles. The molecule has 0 radical (unpaired) electrons. The van der Waals surface area contributed by atoms with Crippen LogP contribution in [-0.2, 0) is 0 Å². The van der Waals surface area contributed by atoms with Gasteiger partial charge in [-0.2, -0.15) is 0 Å². The van der Waals surface area contributed by atoms with Gasteiger partial charge in [0.25, 0.3) is 0 Å². The molecular formula is C9H9ClN3S-. The molecule has 1 aromatic heterocycles. The predicted molar refractivity (Wildman–Crippen MR) is 55.4 cm³/mol. The molecule has 0 aliphatic carbocycles. The van der Waals surface area contributed by atoms with E-state index in [1.54, 1.807) is 0 Å². The van der Waals surface area contributed by atoms with Crippen LogP contribution in [0, 0.1) is 0 Å². The molecule has 0 saturated carbocycles. The molecule has 0 spiro atoms. The molecule has 0 aliphatic rings. The van der Waals surface area contributed by atoms with Crippen LogP contribution in [0.3, 0.4) is 0 Å². The van der Waals surface area contributed by atoms with Gasteiger partial charge in [-0.25, -0.2) is 10.8 Å². The van der Waals surface area contributed by atoms with Gasteiger partial charge in [-0.3, -0.25) is 5.43 Å². The first-order chi connectivity index (χ1) is 6.40. The van der Waals surface area contributed by atoms with Crippen molar-refractivity contribution in [1.29, 1.82) is 0 Å². The zero-order valence-electron chi connectivity index (χ0n) is 7.27. The number of halogens is 1. The lowest BCUT2D eigenvalue weighted by atomic mass is 10.2. The Hall–Kier alpha value is -1.10.